The molecule has 4 heteroatoms. The molecule has 0 aromatic carbocycles. The molecule has 0 bridgehead atoms. The van der Waals surface area contributed by atoms with Crippen LogP contribution in [-0.2, 0) is 6.42 Å². The third kappa shape index (κ3) is 3.94. The summed E-state index contributed by atoms with van der Waals surface area (Å²) in [5, 5.41) is 0. The second-order valence-electron chi connectivity index (χ2n) is 5.29. The smallest absolute Gasteiger partial charge is 0.218 e. The van der Waals surface area contributed by atoms with Gasteiger partial charge in [-0.3, -0.25) is 0 Å². The van der Waals surface area contributed by atoms with Crippen LogP contribution >= 0.6 is 0 Å². The van der Waals surface area contributed by atoms with Gasteiger partial charge in [-0.25, -0.2) is 4.98 Å². The van der Waals surface area contributed by atoms with Gasteiger partial charge in [0.05, 0.1) is 6.61 Å². The quantitative estimate of drug-likeness (QED) is 0.828. The maximum absolute atomic E-state index is 5.82. The van der Waals surface area contributed by atoms with Crippen molar-refractivity contribution in [3.63, 3.8) is 0 Å². The molecule has 1 aliphatic carbocycles. The van der Waals surface area contributed by atoms with Crippen molar-refractivity contribution < 1.29 is 4.74 Å². The molecule has 1 aliphatic rings. The minimum atomic E-state index is 0.491. The molecule has 1 aromatic rings. The van der Waals surface area contributed by atoms with Gasteiger partial charge in [0.1, 0.15) is 11.6 Å². The van der Waals surface area contributed by atoms with Crippen LogP contribution in [0.1, 0.15) is 38.9 Å². The summed E-state index contributed by atoms with van der Waals surface area (Å²) in [6, 6.07) is 1.71. The van der Waals surface area contributed by atoms with Crippen LogP contribution < -0.4 is 10.5 Å². The minimum absolute atomic E-state index is 0.491. The molecule has 0 aliphatic heterocycles. The first kappa shape index (κ1) is 13.8. The number of allylic oxidation sites excluding steroid dienone is 2. The number of ether oxygens (including phenoxy) is 1. The molecule has 0 saturated carbocycles. The Kier molecular flexibility index (Phi) is 4.77. The molecule has 2 atom stereocenters. The summed E-state index contributed by atoms with van der Waals surface area (Å²) in [4.78, 5) is 8.61. The Hall–Kier alpha value is -1.58. The fourth-order valence-corrected chi connectivity index (χ4v) is 2.33. The van der Waals surface area contributed by atoms with Crippen molar-refractivity contribution in [1.82, 2.24) is 9.97 Å². The van der Waals surface area contributed by atoms with Gasteiger partial charge in [-0.1, -0.05) is 26.0 Å². The number of nitrogen functional groups attached to an aromatic ring is 1. The van der Waals surface area contributed by atoms with Crippen molar-refractivity contribution in [2.75, 3.05) is 12.3 Å². The van der Waals surface area contributed by atoms with E-state index in [9.17, 15) is 0 Å². The number of aryl methyl sites for hydroxylation is 1. The Morgan fingerprint density at radius 1 is 1.32 bits per heavy atom. The molecule has 1 heterocycles. The van der Waals surface area contributed by atoms with Crippen LogP contribution in [0, 0.1) is 11.8 Å². The molecule has 0 amide bonds. The highest BCUT2D eigenvalue weighted by Crippen LogP contribution is 2.25. The number of hydrogen-bond donors (Lipinski definition) is 1. The second kappa shape index (κ2) is 6.55. The van der Waals surface area contributed by atoms with Gasteiger partial charge < -0.3 is 10.5 Å². The highest BCUT2D eigenvalue weighted by molar-refractivity contribution is 5.32. The molecule has 0 radical (unpaired) electrons. The van der Waals surface area contributed by atoms with E-state index in [2.05, 4.69) is 36.0 Å². The number of anilines is 1. The molecule has 2 N–H and O–H groups in total. The number of rotatable bonds is 5. The van der Waals surface area contributed by atoms with Crippen molar-refractivity contribution >= 4 is 5.82 Å². The van der Waals surface area contributed by atoms with Gasteiger partial charge in [-0.15, -0.1) is 0 Å². The predicted octanol–water partition coefficient (Wildman–Crippen LogP) is 2.99. The van der Waals surface area contributed by atoms with Crippen molar-refractivity contribution in [2.24, 2.45) is 11.8 Å². The summed E-state index contributed by atoms with van der Waals surface area (Å²) in [5.41, 5.74) is 5.78. The van der Waals surface area contributed by atoms with Crippen LogP contribution in [0.4, 0.5) is 5.82 Å². The van der Waals surface area contributed by atoms with E-state index in [1.54, 1.807) is 6.07 Å². The molecule has 2 rings (SSSR count). The first-order valence-electron chi connectivity index (χ1n) is 7.10. The monoisotopic (exact) mass is 261 g/mol. The van der Waals surface area contributed by atoms with E-state index in [1.807, 2.05) is 0 Å². The molecule has 1 aromatic heterocycles. The van der Waals surface area contributed by atoms with Crippen molar-refractivity contribution in [3.05, 3.63) is 24.0 Å². The van der Waals surface area contributed by atoms with Crippen LogP contribution in [0.3, 0.4) is 0 Å². The van der Waals surface area contributed by atoms with Gasteiger partial charge in [0.25, 0.3) is 0 Å². The summed E-state index contributed by atoms with van der Waals surface area (Å²) < 4.78 is 5.82. The average molecular weight is 261 g/mol. The number of hydrogen-bond acceptors (Lipinski definition) is 4. The molecule has 19 heavy (non-hydrogen) atoms. The third-order valence-electron chi connectivity index (χ3n) is 3.61. The lowest BCUT2D eigenvalue weighted by Crippen LogP contribution is -2.21. The summed E-state index contributed by atoms with van der Waals surface area (Å²) in [5.74, 6) is 3.10. The van der Waals surface area contributed by atoms with E-state index in [0.29, 0.717) is 30.1 Å². The molecule has 0 fully saturated rings. The second-order valence-corrected chi connectivity index (χ2v) is 5.29. The first-order valence-corrected chi connectivity index (χ1v) is 7.10. The van der Waals surface area contributed by atoms with Gasteiger partial charge >= 0.3 is 0 Å². The van der Waals surface area contributed by atoms with E-state index in [-0.39, 0.29) is 0 Å². The number of nitrogens with two attached hydrogens (primary N) is 1. The lowest BCUT2D eigenvalue weighted by molar-refractivity contribution is 0.192. The Morgan fingerprint density at radius 3 is 2.84 bits per heavy atom. The zero-order valence-corrected chi connectivity index (χ0v) is 11.8. The van der Waals surface area contributed by atoms with E-state index in [0.717, 1.165) is 31.5 Å². The molecular weight excluding hydrogens is 238 g/mol. The minimum Gasteiger partial charge on any atom is -0.477 e. The standard InChI is InChI=1S/C15H23N3O/c1-3-6-14-17-13(16)9-15(18-14)19-10-12-8-5-4-7-11(12)2/h4-5,9,11-12H,3,6-8,10H2,1-2H3,(H2,16,17,18). The Bertz CT molecular complexity index is 445. The van der Waals surface area contributed by atoms with E-state index >= 15 is 0 Å². The van der Waals surface area contributed by atoms with Gasteiger partial charge in [0.2, 0.25) is 5.88 Å². The highest BCUT2D eigenvalue weighted by atomic mass is 16.5. The topological polar surface area (TPSA) is 61.0 Å². The fourth-order valence-electron chi connectivity index (χ4n) is 2.33. The van der Waals surface area contributed by atoms with Gasteiger partial charge in [0.15, 0.2) is 0 Å². The Morgan fingerprint density at radius 2 is 2.11 bits per heavy atom. The molecule has 104 valence electrons. The lowest BCUT2D eigenvalue weighted by Gasteiger charge is -2.24. The zero-order valence-electron chi connectivity index (χ0n) is 11.8. The third-order valence-corrected chi connectivity index (χ3v) is 3.61. The first-order chi connectivity index (χ1) is 9.19. The summed E-state index contributed by atoms with van der Waals surface area (Å²) in [6.07, 6.45) is 8.57. The average Bonchev–Trinajstić information content (AvgIpc) is 2.37. The lowest BCUT2D eigenvalue weighted by atomic mass is 9.85. The fraction of sp³-hybridized carbons (Fsp3) is 0.600. The van der Waals surface area contributed by atoms with E-state index in [1.165, 1.54) is 0 Å². The van der Waals surface area contributed by atoms with Crippen molar-refractivity contribution in [1.29, 1.82) is 0 Å². The number of nitrogens with zero attached hydrogens (tertiary/aromatic N) is 2. The number of aromatic nitrogens is 2. The largest absolute Gasteiger partial charge is 0.477 e. The van der Waals surface area contributed by atoms with Crippen LogP contribution in [0.5, 0.6) is 5.88 Å². The van der Waals surface area contributed by atoms with Crippen LogP contribution in [-0.4, -0.2) is 16.6 Å². The summed E-state index contributed by atoms with van der Waals surface area (Å²) in [6.45, 7) is 5.07. The molecule has 2 unspecified atom stereocenters. The molecule has 4 nitrogen and oxygen atoms in total. The van der Waals surface area contributed by atoms with Crippen LogP contribution in [0.25, 0.3) is 0 Å². The van der Waals surface area contributed by atoms with Gasteiger partial charge in [-0.2, -0.15) is 4.98 Å². The highest BCUT2D eigenvalue weighted by Gasteiger charge is 2.19. The Balaban J connectivity index is 1.96. The maximum atomic E-state index is 5.82. The normalized spacial score (nSPS) is 22.4. The maximum Gasteiger partial charge on any atom is 0.218 e. The Labute approximate surface area is 115 Å². The van der Waals surface area contributed by atoms with E-state index < -0.39 is 0 Å². The molecule has 0 saturated heterocycles. The zero-order chi connectivity index (χ0) is 13.7. The van der Waals surface area contributed by atoms with Crippen molar-refractivity contribution in [2.45, 2.75) is 39.5 Å². The SMILES string of the molecule is CCCc1nc(N)cc(OCC2CC=CCC2C)n1. The predicted molar refractivity (Wildman–Crippen MR) is 77.0 cm³/mol. The summed E-state index contributed by atoms with van der Waals surface area (Å²) >= 11 is 0. The van der Waals surface area contributed by atoms with Crippen LogP contribution in [0.2, 0.25) is 0 Å². The van der Waals surface area contributed by atoms with Gasteiger partial charge in [0, 0.05) is 12.5 Å². The van der Waals surface area contributed by atoms with E-state index in [4.69, 9.17) is 10.5 Å². The molecular formula is C15H23N3O. The van der Waals surface area contributed by atoms with Crippen molar-refractivity contribution in [3.8, 4) is 5.88 Å². The molecule has 0 spiro atoms. The van der Waals surface area contributed by atoms with Gasteiger partial charge in [-0.05, 0) is 31.1 Å². The summed E-state index contributed by atoms with van der Waals surface area (Å²) in [7, 11) is 0. The van der Waals surface area contributed by atoms with Crippen LogP contribution in [0.15, 0.2) is 18.2 Å².